The summed E-state index contributed by atoms with van der Waals surface area (Å²) in [6.45, 7) is 4.47. The molecule has 0 bridgehead atoms. The van der Waals surface area contributed by atoms with E-state index in [1.807, 2.05) is 31.2 Å². The maximum atomic E-state index is 11.6. The molecule has 130 valence electrons. The highest BCUT2D eigenvalue weighted by molar-refractivity contribution is 5.81. The van der Waals surface area contributed by atoms with Crippen LogP contribution in [-0.2, 0) is 23.7 Å². The van der Waals surface area contributed by atoms with Gasteiger partial charge in [-0.1, -0.05) is 31.2 Å². The van der Waals surface area contributed by atoms with Gasteiger partial charge in [-0.3, -0.25) is 0 Å². The van der Waals surface area contributed by atoms with Crippen LogP contribution in [0.15, 0.2) is 36.0 Å². The van der Waals surface area contributed by atoms with Crippen molar-refractivity contribution in [2.75, 3.05) is 27.6 Å². The third kappa shape index (κ3) is 7.59. The first-order valence-corrected chi connectivity index (χ1v) is 7.89. The van der Waals surface area contributed by atoms with E-state index in [-0.39, 0.29) is 37.5 Å². The van der Waals surface area contributed by atoms with Gasteiger partial charge in [0.1, 0.15) is 19.5 Å². The average molecular weight is 324 g/mol. The topological polar surface area (TPSA) is 54.0 Å². The summed E-state index contributed by atoms with van der Waals surface area (Å²) in [7, 11) is 3.27. The highest BCUT2D eigenvalue weighted by atomic mass is 16.7. The largest absolute Gasteiger partial charge is 0.458 e. The summed E-state index contributed by atoms with van der Waals surface area (Å²) in [5, 5.41) is 0. The van der Waals surface area contributed by atoms with Crippen LogP contribution in [0, 0.1) is 5.92 Å². The zero-order valence-corrected chi connectivity index (χ0v) is 14.5. The summed E-state index contributed by atoms with van der Waals surface area (Å²) < 4.78 is 21.6. The predicted octanol–water partition coefficient (Wildman–Crippen LogP) is 3.02. The smallest absolute Gasteiger partial charge is 0.330 e. The molecule has 23 heavy (non-hydrogen) atoms. The quantitative estimate of drug-likeness (QED) is 0.452. The lowest BCUT2D eigenvalue weighted by Gasteiger charge is -2.28. The number of hydrogen-bond donors (Lipinski definition) is 0. The van der Waals surface area contributed by atoms with E-state index in [2.05, 4.69) is 6.92 Å². The SMILES string of the molecule is COCO[C@@H]1C(OC)/C=C/CC/C=C/C(=O)OC/C(C)=C\[C@H]1C. The maximum absolute atomic E-state index is 11.6. The number of cyclic esters (lactones) is 1. The molecule has 0 amide bonds. The van der Waals surface area contributed by atoms with E-state index in [1.165, 1.54) is 6.08 Å². The average Bonchev–Trinajstić information content (AvgIpc) is 2.53. The molecule has 0 radical (unpaired) electrons. The molecule has 1 heterocycles. The predicted molar refractivity (Wildman–Crippen MR) is 88.9 cm³/mol. The summed E-state index contributed by atoms with van der Waals surface area (Å²) >= 11 is 0. The molecule has 0 aromatic carbocycles. The lowest BCUT2D eigenvalue weighted by molar-refractivity contribution is -0.136. The van der Waals surface area contributed by atoms with Gasteiger partial charge in [-0.25, -0.2) is 4.79 Å². The monoisotopic (exact) mass is 324 g/mol. The third-order valence-electron chi connectivity index (χ3n) is 3.56. The standard InChI is InChI=1S/C18H28O5/c1-14-11-15(2)18(23-13-20-3)16(21-4)9-7-5-6-8-10-17(19)22-12-14/h7-11,15-16,18H,5-6,12-13H2,1-4H3/b9-7+,10-8+,14-11-/t15-,16?,18+/m1/s1. The number of carbonyl (C=O) groups excluding carboxylic acids is 1. The summed E-state index contributed by atoms with van der Waals surface area (Å²) in [4.78, 5) is 11.6. The van der Waals surface area contributed by atoms with Gasteiger partial charge in [0.15, 0.2) is 0 Å². The first kappa shape index (κ1) is 19.6. The minimum Gasteiger partial charge on any atom is -0.458 e. The van der Waals surface area contributed by atoms with E-state index >= 15 is 0 Å². The van der Waals surface area contributed by atoms with Crippen LogP contribution in [0.25, 0.3) is 0 Å². The molecule has 3 atom stereocenters. The second-order valence-electron chi connectivity index (χ2n) is 5.63. The Kier molecular flexibility index (Phi) is 9.52. The minimum absolute atomic E-state index is 0.0805. The fourth-order valence-corrected chi connectivity index (χ4v) is 2.44. The Hall–Kier alpha value is -1.43. The first-order chi connectivity index (χ1) is 11.1. The van der Waals surface area contributed by atoms with E-state index in [4.69, 9.17) is 18.9 Å². The lowest BCUT2D eigenvalue weighted by atomic mass is 9.96. The first-order valence-electron chi connectivity index (χ1n) is 7.89. The lowest BCUT2D eigenvalue weighted by Crippen LogP contribution is -2.35. The fraction of sp³-hybridized carbons (Fsp3) is 0.611. The van der Waals surface area contributed by atoms with E-state index in [0.29, 0.717) is 0 Å². The number of rotatable bonds is 4. The molecule has 0 spiro atoms. The zero-order chi connectivity index (χ0) is 17.1. The Morgan fingerprint density at radius 3 is 2.70 bits per heavy atom. The highest BCUT2D eigenvalue weighted by Gasteiger charge is 2.25. The molecule has 0 saturated carbocycles. The van der Waals surface area contributed by atoms with Gasteiger partial charge in [-0.15, -0.1) is 0 Å². The van der Waals surface area contributed by atoms with Crippen molar-refractivity contribution in [3.8, 4) is 0 Å². The van der Waals surface area contributed by atoms with Crippen LogP contribution < -0.4 is 0 Å². The van der Waals surface area contributed by atoms with Crippen molar-refractivity contribution in [2.45, 2.75) is 38.9 Å². The van der Waals surface area contributed by atoms with E-state index in [0.717, 1.165) is 18.4 Å². The summed E-state index contributed by atoms with van der Waals surface area (Å²) in [6.07, 6.45) is 10.7. The van der Waals surface area contributed by atoms with Crippen molar-refractivity contribution in [3.63, 3.8) is 0 Å². The van der Waals surface area contributed by atoms with Crippen LogP contribution in [0.3, 0.4) is 0 Å². The van der Waals surface area contributed by atoms with Crippen molar-refractivity contribution in [1.29, 1.82) is 0 Å². The molecule has 1 aliphatic rings. The Morgan fingerprint density at radius 1 is 1.26 bits per heavy atom. The molecule has 5 heteroatoms. The van der Waals surface area contributed by atoms with Gasteiger partial charge >= 0.3 is 5.97 Å². The molecule has 0 aliphatic carbocycles. The van der Waals surface area contributed by atoms with Crippen molar-refractivity contribution in [2.24, 2.45) is 5.92 Å². The van der Waals surface area contributed by atoms with Gasteiger partial charge in [-0.2, -0.15) is 0 Å². The molecular weight excluding hydrogens is 296 g/mol. The van der Waals surface area contributed by atoms with Gasteiger partial charge in [-0.05, 0) is 25.3 Å². The maximum Gasteiger partial charge on any atom is 0.330 e. The Morgan fingerprint density at radius 2 is 2.00 bits per heavy atom. The number of methoxy groups -OCH3 is 2. The minimum atomic E-state index is -0.312. The number of esters is 1. The van der Waals surface area contributed by atoms with Crippen molar-refractivity contribution >= 4 is 5.97 Å². The Balaban J connectivity index is 2.96. The highest BCUT2D eigenvalue weighted by Crippen LogP contribution is 2.19. The van der Waals surface area contributed by atoms with Crippen molar-refractivity contribution in [3.05, 3.63) is 36.0 Å². The van der Waals surface area contributed by atoms with Gasteiger partial charge < -0.3 is 18.9 Å². The molecule has 5 nitrogen and oxygen atoms in total. The van der Waals surface area contributed by atoms with Crippen molar-refractivity contribution in [1.82, 2.24) is 0 Å². The van der Waals surface area contributed by atoms with E-state index in [1.54, 1.807) is 14.2 Å². The summed E-state index contributed by atoms with van der Waals surface area (Å²) in [5.41, 5.74) is 0.973. The summed E-state index contributed by atoms with van der Waals surface area (Å²) in [6, 6.07) is 0. The van der Waals surface area contributed by atoms with Crippen LogP contribution in [0.5, 0.6) is 0 Å². The zero-order valence-electron chi connectivity index (χ0n) is 14.5. The Bertz CT molecular complexity index is 439. The molecular formula is C18H28O5. The van der Waals surface area contributed by atoms with Crippen LogP contribution in [0.1, 0.15) is 26.7 Å². The van der Waals surface area contributed by atoms with Gasteiger partial charge in [0.2, 0.25) is 0 Å². The summed E-state index contributed by atoms with van der Waals surface area (Å²) in [5.74, 6) is -0.231. The van der Waals surface area contributed by atoms with Gasteiger partial charge in [0.05, 0.1) is 6.10 Å². The van der Waals surface area contributed by atoms with Crippen LogP contribution in [0.2, 0.25) is 0 Å². The fourth-order valence-electron chi connectivity index (χ4n) is 2.44. The second kappa shape index (κ2) is 11.2. The van der Waals surface area contributed by atoms with E-state index < -0.39 is 0 Å². The molecule has 0 saturated heterocycles. The molecule has 0 N–H and O–H groups in total. The van der Waals surface area contributed by atoms with Gasteiger partial charge in [0.25, 0.3) is 0 Å². The number of ether oxygens (including phenoxy) is 4. The van der Waals surface area contributed by atoms with Gasteiger partial charge in [0, 0.05) is 26.2 Å². The molecule has 0 aromatic rings. The second-order valence-corrected chi connectivity index (χ2v) is 5.63. The van der Waals surface area contributed by atoms with Crippen LogP contribution in [-0.4, -0.2) is 45.8 Å². The molecule has 1 aliphatic heterocycles. The molecule has 1 rings (SSSR count). The van der Waals surface area contributed by atoms with Crippen LogP contribution in [0.4, 0.5) is 0 Å². The third-order valence-corrected chi connectivity index (χ3v) is 3.56. The number of hydrogen-bond acceptors (Lipinski definition) is 5. The normalized spacial score (nSPS) is 32.3. The molecule has 1 unspecified atom stereocenters. The molecule has 0 aromatic heterocycles. The number of allylic oxidation sites excluding steroid dienone is 2. The molecule has 0 fully saturated rings. The Labute approximate surface area is 138 Å². The van der Waals surface area contributed by atoms with Crippen LogP contribution >= 0.6 is 0 Å². The number of carbonyl (C=O) groups is 1. The van der Waals surface area contributed by atoms with E-state index in [9.17, 15) is 4.79 Å². The van der Waals surface area contributed by atoms with Crippen molar-refractivity contribution < 1.29 is 23.7 Å².